The van der Waals surface area contributed by atoms with Gasteiger partial charge >= 0.3 is 17.9 Å². The van der Waals surface area contributed by atoms with Crippen LogP contribution in [-0.4, -0.2) is 72.8 Å². The van der Waals surface area contributed by atoms with Crippen molar-refractivity contribution in [3.05, 3.63) is 94.5 Å². The SMILES string of the molecule is COc1ccc2c(c1)O[C@H](c1ccc(OC)c(OC)c1)[C@@H](OC(C)=O)[C@H]2c1cc2c(cc1OC)O[C@H](c1ccc(OC)c(OC)c1)[C@@H](OC(C)=O)[C@H]2OC(C)=O. The Morgan fingerprint density at radius 2 is 0.964 bits per heavy atom. The summed E-state index contributed by atoms with van der Waals surface area (Å²) in [6.07, 6.45) is -5.15. The first-order valence-corrected chi connectivity index (χ1v) is 17.6. The molecule has 2 heterocycles. The molecule has 0 bridgehead atoms. The van der Waals surface area contributed by atoms with Gasteiger partial charge in [-0.1, -0.05) is 18.2 Å². The first-order valence-electron chi connectivity index (χ1n) is 17.6. The topological polar surface area (TPSA) is 153 Å². The lowest BCUT2D eigenvalue weighted by Gasteiger charge is -2.41. The summed E-state index contributed by atoms with van der Waals surface area (Å²) in [5.41, 5.74) is 2.74. The third-order valence-corrected chi connectivity index (χ3v) is 9.66. The molecule has 2 aliphatic heterocycles. The second kappa shape index (κ2) is 16.6. The molecule has 0 unspecified atom stereocenters. The Bertz CT molecular complexity index is 2110. The van der Waals surface area contributed by atoms with Gasteiger partial charge < -0.3 is 52.1 Å². The summed E-state index contributed by atoms with van der Waals surface area (Å²) in [5, 5.41) is 0. The average molecular weight is 773 g/mol. The van der Waals surface area contributed by atoms with E-state index in [-0.39, 0.29) is 0 Å². The summed E-state index contributed by atoms with van der Waals surface area (Å²) in [7, 11) is 9.13. The summed E-state index contributed by atoms with van der Waals surface area (Å²) in [6.45, 7) is 3.85. The third-order valence-electron chi connectivity index (χ3n) is 9.66. The minimum atomic E-state index is -1.16. The maximum Gasteiger partial charge on any atom is 0.303 e. The molecule has 0 radical (unpaired) electrons. The van der Waals surface area contributed by atoms with Gasteiger partial charge in [0.15, 0.2) is 53.5 Å². The average Bonchev–Trinajstić information content (AvgIpc) is 3.19. The zero-order valence-electron chi connectivity index (χ0n) is 32.5. The second-order valence-corrected chi connectivity index (χ2v) is 13.0. The zero-order valence-corrected chi connectivity index (χ0v) is 32.5. The van der Waals surface area contributed by atoms with Crippen molar-refractivity contribution in [2.45, 2.75) is 57.2 Å². The van der Waals surface area contributed by atoms with E-state index in [2.05, 4.69) is 0 Å². The minimum Gasteiger partial charge on any atom is -0.497 e. The van der Waals surface area contributed by atoms with Gasteiger partial charge in [-0.15, -0.1) is 0 Å². The van der Waals surface area contributed by atoms with E-state index in [4.69, 9.17) is 52.1 Å². The molecule has 296 valence electrons. The molecule has 56 heavy (non-hydrogen) atoms. The van der Waals surface area contributed by atoms with Crippen LogP contribution in [0, 0.1) is 0 Å². The molecule has 4 aromatic carbocycles. The first kappa shape index (κ1) is 39.4. The molecule has 14 nitrogen and oxygen atoms in total. The van der Waals surface area contributed by atoms with E-state index < -0.39 is 54.3 Å². The van der Waals surface area contributed by atoms with E-state index in [1.165, 1.54) is 56.3 Å². The Labute approximate surface area is 324 Å². The van der Waals surface area contributed by atoms with Gasteiger partial charge in [-0.3, -0.25) is 14.4 Å². The Kier molecular flexibility index (Phi) is 11.7. The van der Waals surface area contributed by atoms with Gasteiger partial charge in [0.1, 0.15) is 23.0 Å². The lowest BCUT2D eigenvalue weighted by atomic mass is 9.78. The monoisotopic (exact) mass is 772 g/mol. The highest BCUT2D eigenvalue weighted by Gasteiger charge is 2.48. The molecule has 0 amide bonds. The van der Waals surface area contributed by atoms with Gasteiger partial charge in [0.05, 0.1) is 48.6 Å². The molecular formula is C42H44O14. The van der Waals surface area contributed by atoms with E-state index >= 15 is 0 Å². The van der Waals surface area contributed by atoms with Crippen LogP contribution in [0.4, 0.5) is 0 Å². The molecule has 14 heteroatoms. The van der Waals surface area contributed by atoms with Gasteiger partial charge in [0.25, 0.3) is 0 Å². The summed E-state index contributed by atoms with van der Waals surface area (Å²) in [5.74, 6) is 0.904. The number of rotatable bonds is 12. The number of carbonyl (C=O) groups excluding carboxylic acids is 3. The molecule has 0 aliphatic carbocycles. The smallest absolute Gasteiger partial charge is 0.303 e. The highest BCUT2D eigenvalue weighted by atomic mass is 16.6. The lowest BCUT2D eigenvalue weighted by Crippen LogP contribution is -2.40. The van der Waals surface area contributed by atoms with Crippen molar-refractivity contribution >= 4 is 17.9 Å². The molecule has 0 saturated carbocycles. The Morgan fingerprint density at radius 3 is 1.46 bits per heavy atom. The van der Waals surface area contributed by atoms with Crippen LogP contribution in [0.15, 0.2) is 66.7 Å². The fourth-order valence-corrected chi connectivity index (χ4v) is 7.30. The van der Waals surface area contributed by atoms with Crippen molar-refractivity contribution in [2.75, 3.05) is 42.7 Å². The van der Waals surface area contributed by atoms with Crippen LogP contribution in [0.5, 0.6) is 46.0 Å². The number of benzene rings is 4. The van der Waals surface area contributed by atoms with Crippen LogP contribution >= 0.6 is 0 Å². The summed E-state index contributed by atoms with van der Waals surface area (Å²) < 4.78 is 65.0. The van der Waals surface area contributed by atoms with Crippen LogP contribution in [-0.2, 0) is 28.6 Å². The molecule has 0 saturated heterocycles. The van der Waals surface area contributed by atoms with E-state index in [9.17, 15) is 14.4 Å². The van der Waals surface area contributed by atoms with Gasteiger partial charge in [-0.25, -0.2) is 0 Å². The molecule has 4 aromatic rings. The summed E-state index contributed by atoms with van der Waals surface area (Å²) in [4.78, 5) is 38.5. The van der Waals surface area contributed by atoms with Crippen molar-refractivity contribution in [1.82, 2.24) is 0 Å². The van der Waals surface area contributed by atoms with Crippen molar-refractivity contribution in [3.8, 4) is 46.0 Å². The van der Waals surface area contributed by atoms with E-state index in [1.807, 2.05) is 6.07 Å². The quantitative estimate of drug-likeness (QED) is 0.112. The predicted molar refractivity (Wildman–Crippen MR) is 199 cm³/mol. The third kappa shape index (κ3) is 7.63. The largest absolute Gasteiger partial charge is 0.497 e. The lowest BCUT2D eigenvalue weighted by molar-refractivity contribution is -0.178. The van der Waals surface area contributed by atoms with E-state index in [0.717, 1.165) is 0 Å². The fraction of sp³-hybridized carbons (Fsp3) is 0.357. The van der Waals surface area contributed by atoms with Crippen LogP contribution in [0.2, 0.25) is 0 Å². The maximum absolute atomic E-state index is 12.9. The number of fused-ring (bicyclic) bond motifs is 2. The Hall–Kier alpha value is -6.31. The number of esters is 3. The van der Waals surface area contributed by atoms with E-state index in [1.54, 1.807) is 67.8 Å². The number of carbonyl (C=O) groups is 3. The van der Waals surface area contributed by atoms with E-state index in [0.29, 0.717) is 73.8 Å². The van der Waals surface area contributed by atoms with Crippen molar-refractivity contribution in [1.29, 1.82) is 0 Å². The molecule has 0 N–H and O–H groups in total. The Balaban J connectivity index is 1.59. The number of methoxy groups -OCH3 is 6. The highest BCUT2D eigenvalue weighted by molar-refractivity contribution is 5.69. The summed E-state index contributed by atoms with van der Waals surface area (Å²) >= 11 is 0. The van der Waals surface area contributed by atoms with Gasteiger partial charge in [0.2, 0.25) is 0 Å². The molecule has 2 aliphatic rings. The normalized spacial score (nSPS) is 20.7. The van der Waals surface area contributed by atoms with Crippen molar-refractivity contribution in [2.24, 2.45) is 0 Å². The fourth-order valence-electron chi connectivity index (χ4n) is 7.30. The standard InChI is InChI=1S/C42H44O14/c1-21(43)52-40-29-19-28(32(49-7)20-34(29)56-39(42(40)54-23(3)45)25-11-15-31(48-6)36(17-25)51-9)37-27-13-12-26(46-4)18-33(27)55-38(41(37)53-22(2)44)24-10-14-30(47-5)35(16-24)50-8/h10-20,37-42H,1-9H3/t37-,38-,39-,40+,41+,42-/m1/s1. The van der Waals surface area contributed by atoms with Crippen LogP contribution < -0.4 is 37.9 Å². The molecule has 6 rings (SSSR count). The van der Waals surface area contributed by atoms with Gasteiger partial charge in [-0.05, 0) is 36.4 Å². The van der Waals surface area contributed by atoms with Crippen molar-refractivity contribution < 1.29 is 66.5 Å². The zero-order chi connectivity index (χ0) is 40.3. The first-order chi connectivity index (χ1) is 26.9. The molecule has 0 spiro atoms. The van der Waals surface area contributed by atoms with Crippen LogP contribution in [0.25, 0.3) is 0 Å². The molecule has 6 atom stereocenters. The number of ether oxygens (including phenoxy) is 11. The maximum atomic E-state index is 12.9. The minimum absolute atomic E-state index is 0.294. The summed E-state index contributed by atoms with van der Waals surface area (Å²) in [6, 6.07) is 19.2. The van der Waals surface area contributed by atoms with Gasteiger partial charge in [-0.2, -0.15) is 0 Å². The second-order valence-electron chi connectivity index (χ2n) is 13.0. The number of hydrogen-bond acceptors (Lipinski definition) is 14. The number of hydrogen-bond donors (Lipinski definition) is 0. The van der Waals surface area contributed by atoms with Gasteiger partial charge in [0, 0.05) is 60.7 Å². The molecule has 0 fully saturated rings. The van der Waals surface area contributed by atoms with Crippen molar-refractivity contribution in [3.63, 3.8) is 0 Å². The predicted octanol–water partition coefficient (Wildman–Crippen LogP) is 6.61. The molecular weight excluding hydrogens is 728 g/mol. The van der Waals surface area contributed by atoms with Crippen LogP contribution in [0.3, 0.4) is 0 Å². The Morgan fingerprint density at radius 1 is 0.464 bits per heavy atom. The highest BCUT2D eigenvalue weighted by Crippen LogP contribution is 2.54. The van der Waals surface area contributed by atoms with Crippen LogP contribution in [0.1, 0.15) is 72.8 Å². The molecule has 0 aromatic heterocycles.